The quantitative estimate of drug-likeness (QED) is 0.895. The van der Waals surface area contributed by atoms with Gasteiger partial charge in [0.25, 0.3) is 10.0 Å². The molecule has 0 amide bonds. The number of nitrogens with zero attached hydrogens (tertiary/aromatic N) is 3. The van der Waals surface area contributed by atoms with Gasteiger partial charge in [0.05, 0.1) is 0 Å². The van der Waals surface area contributed by atoms with Crippen molar-refractivity contribution in [2.45, 2.75) is 31.8 Å². The van der Waals surface area contributed by atoms with E-state index in [4.69, 9.17) is 4.42 Å². The van der Waals surface area contributed by atoms with Crippen LogP contribution in [0.4, 0.5) is 0 Å². The largest absolute Gasteiger partial charge is 0.466 e. The summed E-state index contributed by atoms with van der Waals surface area (Å²) in [4.78, 5) is 0. The maximum Gasteiger partial charge on any atom is 0.261 e. The van der Waals surface area contributed by atoms with Gasteiger partial charge in [0, 0.05) is 18.7 Å². The average Bonchev–Trinajstić information content (AvgIpc) is 2.81. The summed E-state index contributed by atoms with van der Waals surface area (Å²) in [7, 11) is -2.22. The molecular formula is C11H15BrN4O3S. The van der Waals surface area contributed by atoms with Crippen LogP contribution < -0.4 is 4.72 Å². The van der Waals surface area contributed by atoms with Gasteiger partial charge in [0.2, 0.25) is 5.03 Å². The van der Waals surface area contributed by atoms with Crippen molar-refractivity contribution < 1.29 is 12.8 Å². The molecule has 2 aromatic rings. The zero-order chi connectivity index (χ0) is 15.1. The summed E-state index contributed by atoms with van der Waals surface area (Å²) in [5, 5.41) is 7.33. The van der Waals surface area contributed by atoms with Crippen molar-refractivity contribution in [2.24, 2.45) is 7.05 Å². The van der Waals surface area contributed by atoms with Crippen molar-refractivity contribution in [3.8, 4) is 0 Å². The summed E-state index contributed by atoms with van der Waals surface area (Å²) in [6.45, 7) is 5.38. The Bertz CT molecular complexity index is 715. The monoisotopic (exact) mass is 362 g/mol. The average molecular weight is 363 g/mol. The molecule has 1 unspecified atom stereocenters. The van der Waals surface area contributed by atoms with Crippen molar-refractivity contribution in [1.82, 2.24) is 19.7 Å². The van der Waals surface area contributed by atoms with Crippen LogP contribution in [0.3, 0.4) is 0 Å². The molecule has 1 N–H and O–H groups in total. The van der Waals surface area contributed by atoms with Gasteiger partial charge in [0.15, 0.2) is 4.60 Å². The molecule has 0 aliphatic rings. The molecular weight excluding hydrogens is 348 g/mol. The molecule has 1 atom stereocenters. The summed E-state index contributed by atoms with van der Waals surface area (Å²) < 4.78 is 34.1. The maximum atomic E-state index is 12.4. The number of hydrogen-bond acceptors (Lipinski definition) is 5. The van der Waals surface area contributed by atoms with Crippen LogP contribution in [0.25, 0.3) is 0 Å². The van der Waals surface area contributed by atoms with Crippen LogP contribution in [-0.2, 0) is 17.1 Å². The van der Waals surface area contributed by atoms with E-state index in [1.54, 1.807) is 13.8 Å². The van der Waals surface area contributed by atoms with E-state index in [2.05, 4.69) is 31.0 Å². The fourth-order valence-electron chi connectivity index (χ4n) is 2.04. The van der Waals surface area contributed by atoms with Gasteiger partial charge in [-0.3, -0.25) is 0 Å². The van der Waals surface area contributed by atoms with Gasteiger partial charge in [-0.2, -0.15) is 0 Å². The highest BCUT2D eigenvalue weighted by atomic mass is 79.9. The van der Waals surface area contributed by atoms with E-state index in [1.807, 2.05) is 13.0 Å². The Balaban J connectivity index is 2.32. The molecule has 0 aliphatic carbocycles. The number of furan rings is 1. The third-order valence-corrected chi connectivity index (χ3v) is 5.30. The number of sulfonamides is 1. The number of nitrogens with one attached hydrogen (secondary N) is 1. The first-order valence-corrected chi connectivity index (χ1v) is 8.14. The smallest absolute Gasteiger partial charge is 0.261 e. The van der Waals surface area contributed by atoms with Gasteiger partial charge in [-0.1, -0.05) is 5.21 Å². The molecule has 9 heteroatoms. The predicted octanol–water partition coefficient (Wildman–Crippen LogP) is 1.83. The second kappa shape index (κ2) is 5.30. The van der Waals surface area contributed by atoms with Gasteiger partial charge in [-0.05, 0) is 42.8 Å². The molecule has 0 radical (unpaired) electrons. The zero-order valence-corrected chi connectivity index (χ0v) is 13.9. The van der Waals surface area contributed by atoms with Crippen LogP contribution in [0.15, 0.2) is 20.1 Å². The summed E-state index contributed by atoms with van der Waals surface area (Å²) in [6, 6.07) is 1.40. The molecule has 2 heterocycles. The lowest BCUT2D eigenvalue weighted by molar-refractivity contribution is 0.495. The molecule has 0 saturated heterocycles. The molecule has 0 bridgehead atoms. The standard InChI is InChI=1S/C11H15BrN4O3S/c1-6-5-9(8(3)19-6)7(2)14-20(17,18)11-10(12)13-15-16(11)4/h5,7,14H,1-4H3. The van der Waals surface area contributed by atoms with Crippen molar-refractivity contribution in [3.05, 3.63) is 27.8 Å². The highest BCUT2D eigenvalue weighted by molar-refractivity contribution is 9.10. The lowest BCUT2D eigenvalue weighted by atomic mass is 10.1. The summed E-state index contributed by atoms with van der Waals surface area (Å²) >= 11 is 3.09. The Morgan fingerprint density at radius 2 is 2.10 bits per heavy atom. The van der Waals surface area contributed by atoms with E-state index in [9.17, 15) is 8.42 Å². The second-order valence-electron chi connectivity index (χ2n) is 4.52. The summed E-state index contributed by atoms with van der Waals surface area (Å²) in [6.07, 6.45) is 0. The Morgan fingerprint density at radius 1 is 1.45 bits per heavy atom. The van der Waals surface area contributed by atoms with Crippen molar-refractivity contribution >= 4 is 26.0 Å². The second-order valence-corrected chi connectivity index (χ2v) is 6.90. The van der Waals surface area contributed by atoms with E-state index < -0.39 is 16.1 Å². The van der Waals surface area contributed by atoms with Crippen LogP contribution >= 0.6 is 15.9 Å². The molecule has 0 aliphatic heterocycles. The van der Waals surface area contributed by atoms with E-state index in [1.165, 1.54) is 11.7 Å². The van der Waals surface area contributed by atoms with Crippen molar-refractivity contribution in [1.29, 1.82) is 0 Å². The van der Waals surface area contributed by atoms with Crippen molar-refractivity contribution in [2.75, 3.05) is 0 Å². The highest BCUT2D eigenvalue weighted by Crippen LogP contribution is 2.24. The molecule has 2 rings (SSSR count). The minimum absolute atomic E-state index is 0.0118. The lowest BCUT2D eigenvalue weighted by Crippen LogP contribution is -2.29. The van der Waals surface area contributed by atoms with Crippen molar-refractivity contribution in [3.63, 3.8) is 0 Å². The summed E-state index contributed by atoms with van der Waals surface area (Å²) in [5.41, 5.74) is 0.803. The van der Waals surface area contributed by atoms with Gasteiger partial charge in [0.1, 0.15) is 11.5 Å². The first-order chi connectivity index (χ1) is 9.22. The van der Waals surface area contributed by atoms with E-state index in [0.717, 1.165) is 11.3 Å². The topological polar surface area (TPSA) is 90.0 Å². The number of aromatic nitrogens is 3. The van der Waals surface area contributed by atoms with Gasteiger partial charge in [-0.15, -0.1) is 5.10 Å². The van der Waals surface area contributed by atoms with Gasteiger partial charge >= 0.3 is 0 Å². The third-order valence-electron chi connectivity index (χ3n) is 2.87. The summed E-state index contributed by atoms with van der Waals surface area (Å²) in [5.74, 6) is 1.44. The Labute approximate surface area is 125 Å². The molecule has 7 nitrogen and oxygen atoms in total. The third kappa shape index (κ3) is 2.79. The van der Waals surface area contributed by atoms with E-state index in [0.29, 0.717) is 5.76 Å². The molecule has 2 aromatic heterocycles. The number of rotatable bonds is 4. The SMILES string of the molecule is Cc1cc(C(C)NS(=O)(=O)c2c(Br)nnn2C)c(C)o1. The van der Waals surface area contributed by atoms with E-state index in [-0.39, 0.29) is 9.63 Å². The molecule has 110 valence electrons. The predicted molar refractivity (Wildman–Crippen MR) is 75.6 cm³/mol. The van der Waals surface area contributed by atoms with Crippen LogP contribution in [0.1, 0.15) is 30.0 Å². The van der Waals surface area contributed by atoms with Gasteiger partial charge < -0.3 is 4.42 Å². The van der Waals surface area contributed by atoms with Crippen LogP contribution in [0.2, 0.25) is 0 Å². The molecule has 0 spiro atoms. The molecule has 0 aromatic carbocycles. The normalized spacial score (nSPS) is 13.7. The highest BCUT2D eigenvalue weighted by Gasteiger charge is 2.27. The maximum absolute atomic E-state index is 12.4. The first kappa shape index (κ1) is 15.2. The molecule has 20 heavy (non-hydrogen) atoms. The zero-order valence-electron chi connectivity index (χ0n) is 11.5. The van der Waals surface area contributed by atoms with Gasteiger partial charge in [-0.25, -0.2) is 17.8 Å². The molecule has 0 fully saturated rings. The van der Waals surface area contributed by atoms with E-state index >= 15 is 0 Å². The minimum atomic E-state index is -3.73. The lowest BCUT2D eigenvalue weighted by Gasteiger charge is -2.13. The number of hydrogen-bond donors (Lipinski definition) is 1. The van der Waals surface area contributed by atoms with Crippen LogP contribution in [0.5, 0.6) is 0 Å². The fraction of sp³-hybridized carbons (Fsp3) is 0.455. The van der Waals surface area contributed by atoms with Crippen LogP contribution in [0, 0.1) is 13.8 Å². The first-order valence-electron chi connectivity index (χ1n) is 5.87. The Hall–Kier alpha value is -1.19. The minimum Gasteiger partial charge on any atom is -0.466 e. The number of aryl methyl sites for hydroxylation is 3. The van der Waals surface area contributed by atoms with Crippen LogP contribution in [-0.4, -0.2) is 23.4 Å². The Kier molecular flexibility index (Phi) is 4.03. The number of halogens is 1. The Morgan fingerprint density at radius 3 is 2.55 bits per heavy atom. The molecule has 0 saturated carbocycles. The fourth-order valence-corrected chi connectivity index (χ4v) is 4.36.